The minimum atomic E-state index is 0.135. The fourth-order valence-electron chi connectivity index (χ4n) is 3.25. The summed E-state index contributed by atoms with van der Waals surface area (Å²) in [7, 11) is 4.39. The van der Waals surface area contributed by atoms with Crippen LogP contribution in [0, 0.1) is 0 Å². The molecular weight excluding hydrogens is 250 g/mol. The van der Waals surface area contributed by atoms with Crippen LogP contribution in [0.3, 0.4) is 0 Å². The molecule has 2 heterocycles. The van der Waals surface area contributed by atoms with Crippen molar-refractivity contribution in [1.82, 2.24) is 19.8 Å². The summed E-state index contributed by atoms with van der Waals surface area (Å²) in [5.41, 5.74) is 8.47. The van der Waals surface area contributed by atoms with Crippen molar-refractivity contribution in [3.05, 3.63) is 23.3 Å². The number of nitrogens with zero attached hydrogens (tertiary/aromatic N) is 4. The van der Waals surface area contributed by atoms with Crippen LogP contribution >= 0.6 is 0 Å². The Balaban J connectivity index is 1.74. The molecule has 0 bridgehead atoms. The topological polar surface area (TPSA) is 58.3 Å². The van der Waals surface area contributed by atoms with Crippen LogP contribution in [-0.4, -0.2) is 59.5 Å². The van der Waals surface area contributed by atoms with Gasteiger partial charge in [0.2, 0.25) is 0 Å². The van der Waals surface area contributed by atoms with E-state index in [1.54, 1.807) is 0 Å². The van der Waals surface area contributed by atoms with Crippen molar-refractivity contribution in [2.24, 2.45) is 5.73 Å². The first-order chi connectivity index (χ1) is 9.63. The first-order valence-electron chi connectivity index (χ1n) is 7.62. The normalized spacial score (nSPS) is 28.4. The Kier molecular flexibility index (Phi) is 4.01. The largest absolute Gasteiger partial charge is 0.324 e. The molecule has 5 heteroatoms. The summed E-state index contributed by atoms with van der Waals surface area (Å²) in [5.74, 6) is 0.977. The lowest BCUT2D eigenvalue weighted by Crippen LogP contribution is -2.51. The van der Waals surface area contributed by atoms with Gasteiger partial charge in [0.05, 0.1) is 0 Å². The van der Waals surface area contributed by atoms with E-state index >= 15 is 0 Å². The predicted molar refractivity (Wildman–Crippen MR) is 79.5 cm³/mol. The fourth-order valence-corrected chi connectivity index (χ4v) is 3.25. The van der Waals surface area contributed by atoms with E-state index in [9.17, 15) is 0 Å². The van der Waals surface area contributed by atoms with E-state index in [1.807, 2.05) is 6.20 Å². The standard InChI is InChI=1S/C15H25N5/c1-19-6-7-20(2)11(10-19)8-15-17-9-12-13(16)4-3-5-14(12)18-15/h9,11,13H,3-8,10,16H2,1-2H3. The lowest BCUT2D eigenvalue weighted by Gasteiger charge is -2.37. The third kappa shape index (κ3) is 2.85. The van der Waals surface area contributed by atoms with Crippen molar-refractivity contribution in [2.75, 3.05) is 33.7 Å². The number of aromatic nitrogens is 2. The van der Waals surface area contributed by atoms with Gasteiger partial charge in [-0.2, -0.15) is 0 Å². The van der Waals surface area contributed by atoms with Crippen LogP contribution in [0.25, 0.3) is 0 Å². The number of fused-ring (bicyclic) bond motifs is 1. The number of aryl methyl sites for hydroxylation is 1. The zero-order chi connectivity index (χ0) is 14.1. The molecule has 0 saturated carbocycles. The molecule has 1 fully saturated rings. The van der Waals surface area contributed by atoms with E-state index in [4.69, 9.17) is 10.7 Å². The Hall–Kier alpha value is -1.04. The van der Waals surface area contributed by atoms with Crippen molar-refractivity contribution >= 4 is 0 Å². The number of nitrogens with two attached hydrogens (primary N) is 1. The zero-order valence-electron chi connectivity index (χ0n) is 12.5. The maximum absolute atomic E-state index is 6.13. The van der Waals surface area contributed by atoms with Crippen LogP contribution in [0.1, 0.15) is 36.0 Å². The molecule has 3 rings (SSSR count). The van der Waals surface area contributed by atoms with Gasteiger partial charge in [-0.05, 0) is 33.4 Å². The average Bonchev–Trinajstić information content (AvgIpc) is 2.43. The minimum absolute atomic E-state index is 0.135. The Morgan fingerprint density at radius 2 is 2.20 bits per heavy atom. The molecule has 2 atom stereocenters. The lowest BCUT2D eigenvalue weighted by molar-refractivity contribution is 0.113. The highest BCUT2D eigenvalue weighted by atomic mass is 15.3. The van der Waals surface area contributed by atoms with E-state index in [0.717, 1.165) is 56.7 Å². The van der Waals surface area contributed by atoms with Crippen LogP contribution < -0.4 is 5.73 Å². The Bertz CT molecular complexity index is 475. The van der Waals surface area contributed by atoms with E-state index in [1.165, 1.54) is 5.69 Å². The predicted octanol–water partition coefficient (Wildman–Crippen LogP) is 0.601. The summed E-state index contributed by atoms with van der Waals surface area (Å²) in [6, 6.07) is 0.653. The van der Waals surface area contributed by atoms with Gasteiger partial charge in [-0.3, -0.25) is 0 Å². The summed E-state index contributed by atoms with van der Waals surface area (Å²) >= 11 is 0. The maximum atomic E-state index is 6.13. The number of hydrogen-bond donors (Lipinski definition) is 1. The number of hydrogen-bond acceptors (Lipinski definition) is 5. The SMILES string of the molecule is CN1CCN(C)C(Cc2ncc3c(n2)CCCC3N)C1. The number of piperazine rings is 1. The molecule has 1 aromatic heterocycles. The van der Waals surface area contributed by atoms with Gasteiger partial charge in [0.15, 0.2) is 0 Å². The smallest absolute Gasteiger partial charge is 0.130 e. The van der Waals surface area contributed by atoms with Gasteiger partial charge in [-0.25, -0.2) is 9.97 Å². The third-order valence-electron chi connectivity index (χ3n) is 4.68. The lowest BCUT2D eigenvalue weighted by atomic mass is 9.93. The first-order valence-corrected chi connectivity index (χ1v) is 7.62. The summed E-state index contributed by atoms with van der Waals surface area (Å²) < 4.78 is 0. The summed E-state index contributed by atoms with van der Waals surface area (Å²) in [6.07, 6.45) is 6.17. The molecular formula is C15H25N5. The minimum Gasteiger partial charge on any atom is -0.324 e. The summed E-state index contributed by atoms with van der Waals surface area (Å²) in [4.78, 5) is 14.2. The summed E-state index contributed by atoms with van der Waals surface area (Å²) in [6.45, 7) is 3.36. The van der Waals surface area contributed by atoms with Gasteiger partial charge in [0, 0.05) is 55.6 Å². The maximum Gasteiger partial charge on any atom is 0.130 e. The van der Waals surface area contributed by atoms with Crippen LogP contribution in [0.15, 0.2) is 6.20 Å². The highest BCUT2D eigenvalue weighted by Crippen LogP contribution is 2.26. The Morgan fingerprint density at radius 3 is 3.05 bits per heavy atom. The molecule has 0 spiro atoms. The molecule has 2 aliphatic rings. The van der Waals surface area contributed by atoms with E-state index < -0.39 is 0 Å². The van der Waals surface area contributed by atoms with E-state index in [-0.39, 0.29) is 6.04 Å². The highest BCUT2D eigenvalue weighted by molar-refractivity contribution is 5.24. The molecule has 2 unspecified atom stereocenters. The van der Waals surface area contributed by atoms with Gasteiger partial charge < -0.3 is 15.5 Å². The van der Waals surface area contributed by atoms with E-state index in [0.29, 0.717) is 6.04 Å². The molecule has 2 N–H and O–H groups in total. The van der Waals surface area contributed by atoms with Crippen molar-refractivity contribution in [1.29, 1.82) is 0 Å². The molecule has 1 saturated heterocycles. The molecule has 1 aliphatic heterocycles. The molecule has 0 radical (unpaired) electrons. The van der Waals surface area contributed by atoms with Gasteiger partial charge in [-0.1, -0.05) is 0 Å². The van der Waals surface area contributed by atoms with Gasteiger partial charge in [0.25, 0.3) is 0 Å². The second-order valence-electron chi connectivity index (χ2n) is 6.29. The molecule has 1 aromatic rings. The second-order valence-corrected chi connectivity index (χ2v) is 6.29. The Morgan fingerprint density at radius 1 is 1.35 bits per heavy atom. The van der Waals surface area contributed by atoms with Gasteiger partial charge in [0.1, 0.15) is 5.82 Å². The zero-order valence-corrected chi connectivity index (χ0v) is 12.5. The van der Waals surface area contributed by atoms with Crippen LogP contribution in [0.2, 0.25) is 0 Å². The average molecular weight is 275 g/mol. The van der Waals surface area contributed by atoms with Crippen molar-refractivity contribution in [3.63, 3.8) is 0 Å². The summed E-state index contributed by atoms with van der Waals surface area (Å²) in [5, 5.41) is 0. The highest BCUT2D eigenvalue weighted by Gasteiger charge is 2.24. The van der Waals surface area contributed by atoms with Crippen molar-refractivity contribution < 1.29 is 0 Å². The number of rotatable bonds is 2. The molecule has 0 aromatic carbocycles. The molecule has 5 nitrogen and oxygen atoms in total. The molecule has 20 heavy (non-hydrogen) atoms. The number of likely N-dealkylation sites (N-methyl/N-ethyl adjacent to an activating group) is 2. The van der Waals surface area contributed by atoms with Crippen LogP contribution in [-0.2, 0) is 12.8 Å². The molecule has 0 amide bonds. The van der Waals surface area contributed by atoms with Gasteiger partial charge in [-0.15, -0.1) is 0 Å². The van der Waals surface area contributed by atoms with Gasteiger partial charge >= 0.3 is 0 Å². The monoisotopic (exact) mass is 275 g/mol. The van der Waals surface area contributed by atoms with Crippen molar-refractivity contribution in [2.45, 2.75) is 37.8 Å². The second kappa shape index (κ2) is 5.76. The molecule has 1 aliphatic carbocycles. The fraction of sp³-hybridized carbons (Fsp3) is 0.733. The van der Waals surface area contributed by atoms with Crippen molar-refractivity contribution in [3.8, 4) is 0 Å². The van der Waals surface area contributed by atoms with E-state index in [2.05, 4.69) is 28.9 Å². The quantitative estimate of drug-likeness (QED) is 0.856. The first kappa shape index (κ1) is 13.9. The third-order valence-corrected chi connectivity index (χ3v) is 4.68. The molecule has 110 valence electrons. The van der Waals surface area contributed by atoms with Crippen LogP contribution in [0.4, 0.5) is 0 Å². The Labute approximate surface area is 121 Å². The van der Waals surface area contributed by atoms with Crippen LogP contribution in [0.5, 0.6) is 0 Å².